The molecule has 22 heavy (non-hydrogen) atoms. The lowest BCUT2D eigenvalue weighted by molar-refractivity contribution is 0.0697. The summed E-state index contributed by atoms with van der Waals surface area (Å²) in [5, 5.41) is 17.4. The number of hydrogen-bond donors (Lipinski definition) is 1. The van der Waals surface area contributed by atoms with Crippen molar-refractivity contribution >= 4 is 33.7 Å². The molecule has 0 aliphatic rings. The predicted molar refractivity (Wildman–Crippen MR) is 87.4 cm³/mol. The smallest absolute Gasteiger partial charge is 0.336 e. The highest BCUT2D eigenvalue weighted by Gasteiger charge is 2.06. The normalized spacial score (nSPS) is 12.3. The van der Waals surface area contributed by atoms with Gasteiger partial charge in [0.1, 0.15) is 0 Å². The molecule has 0 radical (unpaired) electrons. The molecule has 0 spiro atoms. The number of carboxylic acid groups (broad SMARTS) is 1. The zero-order chi connectivity index (χ0) is 15.5. The Morgan fingerprint density at radius 3 is 2.68 bits per heavy atom. The molecule has 0 saturated carbocycles. The van der Waals surface area contributed by atoms with Crippen LogP contribution in [0.15, 0.2) is 58.7 Å². The minimum Gasteiger partial charge on any atom is -0.478 e. The Balaban J connectivity index is 1.99. The number of aromatic carboxylic acids is 1. The zero-order valence-electron chi connectivity index (χ0n) is 11.8. The van der Waals surface area contributed by atoms with Gasteiger partial charge in [-0.2, -0.15) is 5.10 Å². The molecule has 3 aromatic rings. The molecule has 0 aliphatic carbocycles. The Hall–Kier alpha value is -2.73. The highest BCUT2D eigenvalue weighted by atomic mass is 32.1. The summed E-state index contributed by atoms with van der Waals surface area (Å²) in [7, 11) is 1.93. The Labute approximate surface area is 130 Å². The number of aryl methyl sites for hydroxylation is 1. The molecule has 0 amide bonds. The van der Waals surface area contributed by atoms with Gasteiger partial charge in [-0.3, -0.25) is 0 Å². The van der Waals surface area contributed by atoms with Crippen LogP contribution in [0.5, 0.6) is 0 Å². The van der Waals surface area contributed by atoms with E-state index in [1.54, 1.807) is 24.3 Å². The molecule has 2 aromatic carbocycles. The summed E-state index contributed by atoms with van der Waals surface area (Å²) in [5.41, 5.74) is 1.83. The molecular weight excluding hydrogens is 298 g/mol. The lowest BCUT2D eigenvalue weighted by Crippen LogP contribution is -2.09. The van der Waals surface area contributed by atoms with Gasteiger partial charge < -0.3 is 9.67 Å². The number of para-hydroxylation sites is 1. The van der Waals surface area contributed by atoms with Gasteiger partial charge in [-0.15, -0.1) is 5.10 Å². The topological polar surface area (TPSA) is 67.0 Å². The number of hydrogen-bond acceptors (Lipinski definition) is 4. The van der Waals surface area contributed by atoms with Crippen molar-refractivity contribution in [1.29, 1.82) is 0 Å². The van der Waals surface area contributed by atoms with E-state index in [9.17, 15) is 4.79 Å². The first-order chi connectivity index (χ1) is 10.7. The van der Waals surface area contributed by atoms with Crippen molar-refractivity contribution in [3.63, 3.8) is 0 Å². The predicted octanol–water partition coefficient (Wildman–Crippen LogP) is 2.87. The SMILES string of the molecule is Cn1c(=NN=Cc2ccccc2C(=O)O)sc2ccccc21. The zero-order valence-corrected chi connectivity index (χ0v) is 12.6. The second-order valence-electron chi connectivity index (χ2n) is 4.65. The molecule has 6 heteroatoms. The fourth-order valence-corrected chi connectivity index (χ4v) is 3.10. The van der Waals surface area contributed by atoms with E-state index in [0.717, 1.165) is 15.0 Å². The number of rotatable bonds is 3. The van der Waals surface area contributed by atoms with Gasteiger partial charge >= 0.3 is 5.97 Å². The standard InChI is InChI=1S/C16H13N3O2S/c1-19-13-8-4-5-9-14(13)22-16(19)18-17-10-11-6-2-3-7-12(11)15(20)21/h2-10H,1H3,(H,20,21). The summed E-state index contributed by atoms with van der Waals surface area (Å²) in [6.07, 6.45) is 1.47. The van der Waals surface area contributed by atoms with Gasteiger partial charge in [0.15, 0.2) is 0 Å². The van der Waals surface area contributed by atoms with E-state index >= 15 is 0 Å². The van der Waals surface area contributed by atoms with Crippen LogP contribution in [0.2, 0.25) is 0 Å². The summed E-state index contributed by atoms with van der Waals surface area (Å²) in [6, 6.07) is 14.7. The first-order valence-corrected chi connectivity index (χ1v) is 7.42. The Morgan fingerprint density at radius 2 is 1.91 bits per heavy atom. The molecule has 0 fully saturated rings. The number of aromatic nitrogens is 1. The maximum absolute atomic E-state index is 11.1. The number of carbonyl (C=O) groups is 1. The van der Waals surface area contributed by atoms with Gasteiger partial charge in [0.2, 0.25) is 4.80 Å². The minimum atomic E-state index is -0.977. The first-order valence-electron chi connectivity index (χ1n) is 6.61. The third kappa shape index (κ3) is 2.68. The van der Waals surface area contributed by atoms with Crippen LogP contribution < -0.4 is 4.80 Å². The molecule has 0 saturated heterocycles. The van der Waals surface area contributed by atoms with E-state index in [1.807, 2.05) is 35.9 Å². The lowest BCUT2D eigenvalue weighted by Gasteiger charge is -1.97. The molecule has 0 bridgehead atoms. The van der Waals surface area contributed by atoms with Gasteiger partial charge in [-0.1, -0.05) is 41.7 Å². The summed E-state index contributed by atoms with van der Waals surface area (Å²) in [6.45, 7) is 0. The van der Waals surface area contributed by atoms with E-state index in [2.05, 4.69) is 10.2 Å². The number of benzene rings is 2. The summed E-state index contributed by atoms with van der Waals surface area (Å²) >= 11 is 1.54. The van der Waals surface area contributed by atoms with Crippen LogP contribution in [0.4, 0.5) is 0 Å². The largest absolute Gasteiger partial charge is 0.478 e. The molecule has 1 N–H and O–H groups in total. The average Bonchev–Trinajstić information content (AvgIpc) is 2.85. The number of thiazole rings is 1. The van der Waals surface area contributed by atoms with Crippen molar-refractivity contribution in [1.82, 2.24) is 4.57 Å². The third-order valence-electron chi connectivity index (χ3n) is 3.25. The van der Waals surface area contributed by atoms with Crippen LogP contribution in [-0.4, -0.2) is 21.9 Å². The molecule has 5 nitrogen and oxygen atoms in total. The Morgan fingerprint density at radius 1 is 1.18 bits per heavy atom. The summed E-state index contributed by atoms with van der Waals surface area (Å²) in [5.74, 6) is -0.977. The van der Waals surface area contributed by atoms with Gasteiger partial charge in [-0.25, -0.2) is 4.79 Å². The van der Waals surface area contributed by atoms with Crippen LogP contribution in [0, 0.1) is 0 Å². The van der Waals surface area contributed by atoms with Gasteiger partial charge in [-0.05, 0) is 18.2 Å². The maximum Gasteiger partial charge on any atom is 0.336 e. The highest BCUT2D eigenvalue weighted by Crippen LogP contribution is 2.15. The van der Waals surface area contributed by atoms with E-state index in [-0.39, 0.29) is 5.56 Å². The highest BCUT2D eigenvalue weighted by molar-refractivity contribution is 7.16. The second-order valence-corrected chi connectivity index (χ2v) is 5.66. The van der Waals surface area contributed by atoms with Crippen molar-refractivity contribution < 1.29 is 9.90 Å². The third-order valence-corrected chi connectivity index (χ3v) is 4.35. The molecule has 0 unspecified atom stereocenters. The van der Waals surface area contributed by atoms with Crippen molar-refractivity contribution in [2.75, 3.05) is 0 Å². The Bertz CT molecular complexity index is 938. The molecule has 3 rings (SSSR count). The Kier molecular flexibility index (Phi) is 3.84. The van der Waals surface area contributed by atoms with E-state index < -0.39 is 5.97 Å². The van der Waals surface area contributed by atoms with Crippen LogP contribution in [0.25, 0.3) is 10.2 Å². The van der Waals surface area contributed by atoms with E-state index in [4.69, 9.17) is 5.11 Å². The summed E-state index contributed by atoms with van der Waals surface area (Å²) < 4.78 is 3.09. The molecule has 1 heterocycles. The van der Waals surface area contributed by atoms with Gasteiger partial charge in [0.25, 0.3) is 0 Å². The number of fused-ring (bicyclic) bond motifs is 1. The minimum absolute atomic E-state index is 0.210. The lowest BCUT2D eigenvalue weighted by atomic mass is 10.1. The quantitative estimate of drug-likeness (QED) is 0.597. The van der Waals surface area contributed by atoms with Crippen LogP contribution in [-0.2, 0) is 7.05 Å². The average molecular weight is 311 g/mol. The van der Waals surface area contributed by atoms with E-state index in [0.29, 0.717) is 5.56 Å². The van der Waals surface area contributed by atoms with E-state index in [1.165, 1.54) is 17.6 Å². The monoisotopic (exact) mass is 311 g/mol. The fourth-order valence-electron chi connectivity index (χ4n) is 2.12. The molecule has 110 valence electrons. The molecular formula is C16H13N3O2S. The molecule has 0 atom stereocenters. The summed E-state index contributed by atoms with van der Waals surface area (Å²) in [4.78, 5) is 11.9. The van der Waals surface area contributed by atoms with Gasteiger partial charge in [0, 0.05) is 12.6 Å². The first kappa shape index (κ1) is 14.2. The van der Waals surface area contributed by atoms with Crippen molar-refractivity contribution in [2.45, 2.75) is 0 Å². The number of carboxylic acids is 1. The van der Waals surface area contributed by atoms with Gasteiger partial charge in [0.05, 0.1) is 22.0 Å². The van der Waals surface area contributed by atoms with Crippen LogP contribution in [0.1, 0.15) is 15.9 Å². The maximum atomic E-state index is 11.1. The van der Waals surface area contributed by atoms with Crippen LogP contribution in [0.3, 0.4) is 0 Å². The van der Waals surface area contributed by atoms with Crippen molar-refractivity contribution in [3.8, 4) is 0 Å². The van der Waals surface area contributed by atoms with Crippen molar-refractivity contribution in [3.05, 3.63) is 64.5 Å². The molecule has 1 aromatic heterocycles. The number of nitrogens with zero attached hydrogens (tertiary/aromatic N) is 3. The molecule has 0 aliphatic heterocycles. The fraction of sp³-hybridized carbons (Fsp3) is 0.0625. The second kappa shape index (κ2) is 5.95. The van der Waals surface area contributed by atoms with Crippen molar-refractivity contribution in [2.24, 2.45) is 17.3 Å². The van der Waals surface area contributed by atoms with Crippen LogP contribution >= 0.6 is 11.3 Å².